The van der Waals surface area contributed by atoms with Crippen LogP contribution in [0, 0.1) is 11.7 Å². The van der Waals surface area contributed by atoms with Crippen LogP contribution in [0.15, 0.2) is 34.9 Å². The van der Waals surface area contributed by atoms with E-state index in [4.69, 9.17) is 4.42 Å². The number of carbonyl (C=O) groups is 2. The average Bonchev–Trinajstić information content (AvgIpc) is 3.19. The monoisotopic (exact) mass is 387 g/mol. The normalized spacial score (nSPS) is 14.9. The number of nitrogens with zero attached hydrogens (tertiary/aromatic N) is 2. The third-order valence-corrected chi connectivity index (χ3v) is 5.01. The fourth-order valence-electron chi connectivity index (χ4n) is 3.37. The molecule has 3 rings (SSSR count). The molecule has 1 N–H and O–H groups in total. The molecule has 0 atom stereocenters. The van der Waals surface area contributed by atoms with Gasteiger partial charge in [-0.05, 0) is 31.4 Å². The highest BCUT2D eigenvalue weighted by atomic mass is 19.1. The number of aromatic nitrogens is 1. The summed E-state index contributed by atoms with van der Waals surface area (Å²) in [5, 5.41) is 2.92. The van der Waals surface area contributed by atoms with E-state index in [2.05, 4.69) is 10.3 Å². The molecule has 0 saturated carbocycles. The fraction of sp³-hybridized carbons (Fsp3) is 0.476. The van der Waals surface area contributed by atoms with Crippen molar-refractivity contribution in [1.29, 1.82) is 0 Å². The van der Waals surface area contributed by atoms with Crippen molar-refractivity contribution >= 4 is 11.8 Å². The van der Waals surface area contributed by atoms with Crippen LogP contribution in [0.2, 0.25) is 0 Å². The number of nitrogens with one attached hydrogen (secondary N) is 1. The molecule has 2 aromatic rings. The minimum atomic E-state index is -0.368. The van der Waals surface area contributed by atoms with E-state index in [-0.39, 0.29) is 30.0 Å². The van der Waals surface area contributed by atoms with Crippen LogP contribution in [-0.2, 0) is 16.0 Å². The molecule has 1 aliphatic rings. The van der Waals surface area contributed by atoms with E-state index in [1.807, 2.05) is 6.92 Å². The predicted molar refractivity (Wildman–Crippen MR) is 103 cm³/mol. The van der Waals surface area contributed by atoms with Crippen molar-refractivity contribution in [2.75, 3.05) is 19.6 Å². The number of rotatable bonds is 7. The summed E-state index contributed by atoms with van der Waals surface area (Å²) in [7, 11) is 0. The minimum absolute atomic E-state index is 0.00864. The third-order valence-electron chi connectivity index (χ3n) is 5.01. The fourth-order valence-corrected chi connectivity index (χ4v) is 3.37. The lowest BCUT2D eigenvalue weighted by Crippen LogP contribution is -2.43. The Morgan fingerprint density at radius 1 is 1.29 bits per heavy atom. The first-order chi connectivity index (χ1) is 13.6. The van der Waals surface area contributed by atoms with Crippen molar-refractivity contribution in [2.24, 2.45) is 5.92 Å². The molecule has 0 unspecified atom stereocenters. The highest BCUT2D eigenvalue weighted by Gasteiger charge is 2.27. The topological polar surface area (TPSA) is 75.4 Å². The number of halogens is 1. The Bertz CT molecular complexity index is 813. The standard InChI is InChI=1S/C21H26FN3O3/c1-2-11-23-21(27)15-9-12-25(13-10-15)20(26)8-7-19-24-14-18(28-19)16-5-3-4-6-17(16)22/h3-6,14-15H,2,7-13H2,1H3,(H,23,27). The molecule has 0 radical (unpaired) electrons. The molecule has 2 heterocycles. The lowest BCUT2D eigenvalue weighted by atomic mass is 9.95. The second kappa shape index (κ2) is 9.48. The summed E-state index contributed by atoms with van der Waals surface area (Å²) in [5.41, 5.74) is 0.357. The van der Waals surface area contributed by atoms with Gasteiger partial charge in [-0.3, -0.25) is 9.59 Å². The predicted octanol–water partition coefficient (Wildman–Crippen LogP) is 3.18. The number of hydrogen-bond acceptors (Lipinski definition) is 4. The van der Waals surface area contributed by atoms with Gasteiger partial charge in [0.2, 0.25) is 11.8 Å². The Kier molecular flexibility index (Phi) is 6.79. The van der Waals surface area contributed by atoms with Gasteiger partial charge in [0.25, 0.3) is 0 Å². The number of oxazole rings is 1. The van der Waals surface area contributed by atoms with Crippen molar-refractivity contribution in [3.8, 4) is 11.3 Å². The number of piperidine rings is 1. The summed E-state index contributed by atoms with van der Waals surface area (Å²) in [4.78, 5) is 30.4. The average molecular weight is 387 g/mol. The second-order valence-corrected chi connectivity index (χ2v) is 7.04. The Hall–Kier alpha value is -2.70. The summed E-state index contributed by atoms with van der Waals surface area (Å²) >= 11 is 0. The molecule has 1 aromatic heterocycles. The van der Waals surface area contributed by atoms with Gasteiger partial charge in [-0.2, -0.15) is 0 Å². The third kappa shape index (κ3) is 4.97. The van der Waals surface area contributed by atoms with E-state index in [0.29, 0.717) is 56.1 Å². The van der Waals surface area contributed by atoms with Gasteiger partial charge < -0.3 is 14.6 Å². The van der Waals surface area contributed by atoms with Crippen LogP contribution in [0.25, 0.3) is 11.3 Å². The molecule has 0 bridgehead atoms. The molecule has 1 aromatic carbocycles. The van der Waals surface area contributed by atoms with E-state index >= 15 is 0 Å². The number of likely N-dealkylation sites (tertiary alicyclic amines) is 1. The largest absolute Gasteiger partial charge is 0.441 e. The summed E-state index contributed by atoms with van der Waals surface area (Å²) < 4.78 is 19.4. The van der Waals surface area contributed by atoms with Gasteiger partial charge in [-0.15, -0.1) is 0 Å². The number of aryl methyl sites for hydroxylation is 1. The van der Waals surface area contributed by atoms with Crippen molar-refractivity contribution in [3.63, 3.8) is 0 Å². The molecule has 150 valence electrons. The Balaban J connectivity index is 1.47. The van der Waals surface area contributed by atoms with Crippen LogP contribution in [0.3, 0.4) is 0 Å². The molecule has 7 heteroatoms. The maximum absolute atomic E-state index is 13.8. The Labute approximate surface area is 164 Å². The number of hydrogen-bond donors (Lipinski definition) is 1. The van der Waals surface area contributed by atoms with Crippen LogP contribution < -0.4 is 5.32 Å². The highest BCUT2D eigenvalue weighted by molar-refractivity contribution is 5.80. The first-order valence-electron chi connectivity index (χ1n) is 9.83. The highest BCUT2D eigenvalue weighted by Crippen LogP contribution is 2.24. The molecular weight excluding hydrogens is 361 g/mol. The molecule has 1 aliphatic heterocycles. The maximum Gasteiger partial charge on any atom is 0.223 e. The van der Waals surface area contributed by atoms with Crippen molar-refractivity contribution in [3.05, 3.63) is 42.2 Å². The Morgan fingerprint density at radius 3 is 2.75 bits per heavy atom. The zero-order chi connectivity index (χ0) is 19.9. The lowest BCUT2D eigenvalue weighted by molar-refractivity contribution is -0.135. The van der Waals surface area contributed by atoms with Gasteiger partial charge in [-0.1, -0.05) is 19.1 Å². The summed E-state index contributed by atoms with van der Waals surface area (Å²) in [5.74, 6) is 0.519. The zero-order valence-corrected chi connectivity index (χ0v) is 16.1. The molecule has 28 heavy (non-hydrogen) atoms. The molecule has 2 amide bonds. The zero-order valence-electron chi connectivity index (χ0n) is 16.1. The molecule has 1 saturated heterocycles. The van der Waals surface area contributed by atoms with E-state index in [1.54, 1.807) is 23.1 Å². The summed E-state index contributed by atoms with van der Waals surface area (Å²) in [6.45, 7) is 3.90. The quantitative estimate of drug-likeness (QED) is 0.792. The molecule has 1 fully saturated rings. The van der Waals surface area contributed by atoms with Crippen molar-refractivity contribution in [1.82, 2.24) is 15.2 Å². The van der Waals surface area contributed by atoms with E-state index < -0.39 is 0 Å². The van der Waals surface area contributed by atoms with Crippen LogP contribution in [-0.4, -0.2) is 41.3 Å². The molecule has 0 aliphatic carbocycles. The first-order valence-corrected chi connectivity index (χ1v) is 9.83. The van der Waals surface area contributed by atoms with E-state index in [1.165, 1.54) is 12.3 Å². The lowest BCUT2D eigenvalue weighted by Gasteiger charge is -2.31. The molecule has 0 spiro atoms. The first kappa shape index (κ1) is 20.0. The summed E-state index contributed by atoms with van der Waals surface area (Å²) in [6.07, 6.45) is 4.44. The number of benzene rings is 1. The van der Waals surface area contributed by atoms with Gasteiger partial charge in [0, 0.05) is 38.4 Å². The van der Waals surface area contributed by atoms with Gasteiger partial charge >= 0.3 is 0 Å². The number of amides is 2. The van der Waals surface area contributed by atoms with Gasteiger partial charge in [0.15, 0.2) is 11.7 Å². The number of carbonyl (C=O) groups excluding carboxylic acids is 2. The summed E-state index contributed by atoms with van der Waals surface area (Å²) in [6, 6.07) is 6.35. The molecular formula is C21H26FN3O3. The van der Waals surface area contributed by atoms with Gasteiger partial charge in [0.05, 0.1) is 11.8 Å². The van der Waals surface area contributed by atoms with Gasteiger partial charge in [0.1, 0.15) is 5.82 Å². The second-order valence-electron chi connectivity index (χ2n) is 7.04. The van der Waals surface area contributed by atoms with Crippen LogP contribution in [0.5, 0.6) is 0 Å². The minimum Gasteiger partial charge on any atom is -0.441 e. The van der Waals surface area contributed by atoms with Crippen LogP contribution in [0.4, 0.5) is 4.39 Å². The van der Waals surface area contributed by atoms with Crippen LogP contribution >= 0.6 is 0 Å². The van der Waals surface area contributed by atoms with Gasteiger partial charge in [-0.25, -0.2) is 9.37 Å². The molecule has 6 nitrogen and oxygen atoms in total. The van der Waals surface area contributed by atoms with Crippen LogP contribution in [0.1, 0.15) is 38.5 Å². The van der Waals surface area contributed by atoms with Crippen molar-refractivity contribution < 1.29 is 18.4 Å². The Morgan fingerprint density at radius 2 is 2.04 bits per heavy atom. The van der Waals surface area contributed by atoms with Crippen molar-refractivity contribution in [2.45, 2.75) is 39.0 Å². The SMILES string of the molecule is CCCNC(=O)C1CCN(C(=O)CCc2ncc(-c3ccccc3F)o2)CC1. The maximum atomic E-state index is 13.8. The van der Waals surface area contributed by atoms with E-state index in [9.17, 15) is 14.0 Å². The smallest absolute Gasteiger partial charge is 0.223 e. The van der Waals surface area contributed by atoms with E-state index in [0.717, 1.165) is 6.42 Å².